The van der Waals surface area contributed by atoms with Gasteiger partial charge in [0.05, 0.1) is 0 Å². The average molecular weight is 240 g/mol. The van der Waals surface area contributed by atoms with Crippen molar-refractivity contribution in [1.82, 2.24) is 10.2 Å². The van der Waals surface area contributed by atoms with Gasteiger partial charge in [-0.25, -0.2) is 4.39 Å². The number of benzene rings is 1. The Hall–Kier alpha value is -1.62. The van der Waals surface area contributed by atoms with Crippen LogP contribution in [0, 0.1) is 5.82 Å². The van der Waals surface area contributed by atoms with Crippen LogP contribution in [0.25, 0.3) is 0 Å². The van der Waals surface area contributed by atoms with E-state index in [0.717, 1.165) is 0 Å². The number of para-hydroxylation sites is 1. The molecule has 2 N–H and O–H groups in total. The van der Waals surface area contributed by atoms with Crippen LogP contribution in [0.3, 0.4) is 0 Å². The van der Waals surface area contributed by atoms with E-state index < -0.39 is 5.82 Å². The molecule has 0 saturated carbocycles. The highest BCUT2D eigenvalue weighted by atomic mass is 19.1. The van der Waals surface area contributed by atoms with Crippen LogP contribution in [0.4, 0.5) is 4.39 Å². The van der Waals surface area contributed by atoms with E-state index in [1.54, 1.807) is 19.2 Å². The van der Waals surface area contributed by atoms with E-state index in [1.165, 1.54) is 6.07 Å². The number of carbonyl (C=O) groups is 1. The zero-order chi connectivity index (χ0) is 12.8. The first-order valence-corrected chi connectivity index (χ1v) is 5.40. The van der Waals surface area contributed by atoms with Crippen LogP contribution >= 0.6 is 0 Å². The van der Waals surface area contributed by atoms with Gasteiger partial charge in [0, 0.05) is 32.1 Å². The lowest BCUT2D eigenvalue weighted by Gasteiger charge is -2.16. The maximum absolute atomic E-state index is 13.1. The quantitative estimate of drug-likeness (QED) is 0.810. The highest BCUT2D eigenvalue weighted by Crippen LogP contribution is 2.21. The lowest BCUT2D eigenvalue weighted by Crippen LogP contribution is -2.26. The molecule has 1 rings (SSSR count). The molecular weight excluding hydrogens is 223 g/mol. The molecule has 94 valence electrons. The number of nitrogens with zero attached hydrogens (tertiary/aromatic N) is 1. The van der Waals surface area contributed by atoms with E-state index in [1.807, 2.05) is 11.9 Å². The molecule has 17 heavy (non-hydrogen) atoms. The summed E-state index contributed by atoms with van der Waals surface area (Å²) >= 11 is 0. The number of nitrogens with one attached hydrogen (secondary N) is 1. The Bertz CT molecular complexity index is 396. The summed E-state index contributed by atoms with van der Waals surface area (Å²) in [6.07, 6.45) is 0.378. The van der Waals surface area contributed by atoms with E-state index in [4.69, 9.17) is 0 Å². The number of aromatic hydroxyl groups is 1. The summed E-state index contributed by atoms with van der Waals surface area (Å²) in [4.78, 5) is 12.9. The molecule has 0 aliphatic rings. The maximum atomic E-state index is 13.1. The van der Waals surface area contributed by atoms with Crippen molar-refractivity contribution < 1.29 is 14.3 Å². The van der Waals surface area contributed by atoms with Gasteiger partial charge in [0.1, 0.15) is 0 Å². The van der Waals surface area contributed by atoms with Crippen LogP contribution < -0.4 is 5.32 Å². The Kier molecular flexibility index (Phi) is 4.90. The Labute approximate surface area is 100 Å². The number of carbonyl (C=O) groups excluding carboxylic acids is 1. The van der Waals surface area contributed by atoms with Gasteiger partial charge in [0.15, 0.2) is 11.6 Å². The fraction of sp³-hybridized carbons (Fsp3) is 0.417. The molecule has 0 aliphatic heterocycles. The van der Waals surface area contributed by atoms with Gasteiger partial charge in [0.2, 0.25) is 5.91 Å². The van der Waals surface area contributed by atoms with Crippen molar-refractivity contribution in [2.75, 3.05) is 20.6 Å². The molecule has 1 aromatic rings. The van der Waals surface area contributed by atoms with Crippen molar-refractivity contribution in [2.45, 2.75) is 13.0 Å². The van der Waals surface area contributed by atoms with Gasteiger partial charge < -0.3 is 15.3 Å². The number of rotatable bonds is 5. The average Bonchev–Trinajstić information content (AvgIpc) is 2.32. The molecule has 0 atom stereocenters. The van der Waals surface area contributed by atoms with E-state index in [0.29, 0.717) is 25.1 Å². The lowest BCUT2D eigenvalue weighted by molar-refractivity contribution is -0.120. The predicted octanol–water partition coefficient (Wildman–Crippen LogP) is 1.10. The number of hydrogen-bond donors (Lipinski definition) is 2. The Balaban J connectivity index is 2.53. The van der Waals surface area contributed by atoms with Gasteiger partial charge in [-0.2, -0.15) is 0 Å². The van der Waals surface area contributed by atoms with Crippen LogP contribution in [-0.2, 0) is 11.3 Å². The first-order valence-electron chi connectivity index (χ1n) is 5.40. The normalized spacial score (nSPS) is 10.6. The smallest absolute Gasteiger partial charge is 0.221 e. The number of hydrogen-bond acceptors (Lipinski definition) is 3. The third kappa shape index (κ3) is 4.03. The predicted molar refractivity (Wildman–Crippen MR) is 63.1 cm³/mol. The van der Waals surface area contributed by atoms with Crippen LogP contribution in [-0.4, -0.2) is 36.6 Å². The highest BCUT2D eigenvalue weighted by molar-refractivity contribution is 5.75. The Morgan fingerprint density at radius 2 is 2.24 bits per heavy atom. The molecule has 5 heteroatoms. The molecule has 0 aliphatic carbocycles. The van der Waals surface area contributed by atoms with Gasteiger partial charge in [-0.3, -0.25) is 4.79 Å². The van der Waals surface area contributed by atoms with Gasteiger partial charge in [-0.1, -0.05) is 12.1 Å². The number of halogens is 1. The van der Waals surface area contributed by atoms with Crippen LogP contribution in [0.2, 0.25) is 0 Å². The van der Waals surface area contributed by atoms with Crippen molar-refractivity contribution >= 4 is 5.91 Å². The van der Waals surface area contributed by atoms with Gasteiger partial charge in [-0.05, 0) is 13.1 Å². The van der Waals surface area contributed by atoms with Crippen molar-refractivity contribution in [3.8, 4) is 5.75 Å². The molecule has 0 radical (unpaired) electrons. The molecular formula is C12H17FN2O2. The van der Waals surface area contributed by atoms with Crippen LogP contribution in [0.5, 0.6) is 5.75 Å². The Morgan fingerprint density at radius 1 is 1.53 bits per heavy atom. The molecule has 0 aromatic heterocycles. The minimum atomic E-state index is -0.623. The fourth-order valence-corrected chi connectivity index (χ4v) is 1.47. The fourth-order valence-electron chi connectivity index (χ4n) is 1.47. The minimum Gasteiger partial charge on any atom is -0.505 e. The van der Waals surface area contributed by atoms with Crippen LogP contribution in [0.15, 0.2) is 18.2 Å². The summed E-state index contributed by atoms with van der Waals surface area (Å²) in [5.74, 6) is -0.984. The minimum absolute atomic E-state index is 0.0414. The zero-order valence-electron chi connectivity index (χ0n) is 10.0. The maximum Gasteiger partial charge on any atom is 0.221 e. The number of phenols is 1. The van der Waals surface area contributed by atoms with Gasteiger partial charge >= 0.3 is 0 Å². The molecule has 0 spiro atoms. The number of amides is 1. The molecule has 0 fully saturated rings. The lowest BCUT2D eigenvalue weighted by atomic mass is 10.2. The summed E-state index contributed by atoms with van der Waals surface area (Å²) in [5.41, 5.74) is 0.518. The molecule has 0 bridgehead atoms. The standard InChI is InChI=1S/C12H17FN2O2/c1-14-11(16)6-7-15(2)8-9-4-3-5-10(13)12(9)17/h3-5,17H,6-8H2,1-2H3,(H,14,16). The van der Waals surface area contributed by atoms with Crippen LogP contribution in [0.1, 0.15) is 12.0 Å². The molecule has 1 aromatic carbocycles. The topological polar surface area (TPSA) is 52.6 Å². The SMILES string of the molecule is CNC(=O)CCN(C)Cc1cccc(F)c1O. The Morgan fingerprint density at radius 3 is 2.88 bits per heavy atom. The van der Waals surface area contributed by atoms with E-state index in [2.05, 4.69) is 5.32 Å². The van der Waals surface area contributed by atoms with E-state index in [-0.39, 0.29) is 11.7 Å². The first kappa shape index (κ1) is 13.4. The molecule has 4 nitrogen and oxygen atoms in total. The second-order valence-electron chi connectivity index (χ2n) is 3.91. The summed E-state index contributed by atoms with van der Waals surface area (Å²) in [5, 5.41) is 12.0. The molecule has 0 saturated heterocycles. The highest BCUT2D eigenvalue weighted by Gasteiger charge is 2.09. The van der Waals surface area contributed by atoms with Gasteiger partial charge in [-0.15, -0.1) is 0 Å². The molecule has 1 amide bonds. The number of phenolic OH excluding ortho intramolecular Hbond substituents is 1. The van der Waals surface area contributed by atoms with Crippen molar-refractivity contribution in [3.05, 3.63) is 29.6 Å². The van der Waals surface area contributed by atoms with E-state index >= 15 is 0 Å². The first-order chi connectivity index (χ1) is 8.04. The summed E-state index contributed by atoms with van der Waals surface area (Å²) in [6, 6.07) is 4.43. The summed E-state index contributed by atoms with van der Waals surface area (Å²) in [6.45, 7) is 0.955. The molecule has 0 heterocycles. The second kappa shape index (κ2) is 6.20. The molecule has 0 unspecified atom stereocenters. The van der Waals surface area contributed by atoms with Crippen molar-refractivity contribution in [3.63, 3.8) is 0 Å². The largest absolute Gasteiger partial charge is 0.505 e. The monoisotopic (exact) mass is 240 g/mol. The third-order valence-electron chi connectivity index (χ3n) is 2.51. The zero-order valence-corrected chi connectivity index (χ0v) is 10.0. The van der Waals surface area contributed by atoms with Crippen molar-refractivity contribution in [1.29, 1.82) is 0 Å². The summed E-state index contributed by atoms with van der Waals surface area (Å²) < 4.78 is 13.1. The third-order valence-corrected chi connectivity index (χ3v) is 2.51. The van der Waals surface area contributed by atoms with Gasteiger partial charge in [0.25, 0.3) is 0 Å². The second-order valence-corrected chi connectivity index (χ2v) is 3.91. The van der Waals surface area contributed by atoms with E-state index in [9.17, 15) is 14.3 Å². The van der Waals surface area contributed by atoms with Crippen molar-refractivity contribution in [2.24, 2.45) is 0 Å². The summed E-state index contributed by atoms with van der Waals surface area (Å²) in [7, 11) is 3.40.